The molecule has 1 N–H and O–H groups in total. The summed E-state index contributed by atoms with van der Waals surface area (Å²) in [6, 6.07) is 6.45. The van der Waals surface area contributed by atoms with Crippen molar-refractivity contribution in [3.05, 3.63) is 24.3 Å². The molecule has 0 saturated carbocycles. The van der Waals surface area contributed by atoms with Gasteiger partial charge in [-0.3, -0.25) is 4.79 Å². The summed E-state index contributed by atoms with van der Waals surface area (Å²) in [6.45, 7) is 2.24. The number of rotatable bonds is 5. The minimum atomic E-state index is 0.198. The van der Waals surface area contributed by atoms with E-state index in [0.29, 0.717) is 25.2 Å². The molecule has 14 heavy (non-hydrogen) atoms. The van der Waals surface area contributed by atoms with Crippen molar-refractivity contribution in [3.63, 3.8) is 0 Å². The van der Waals surface area contributed by atoms with E-state index in [1.54, 1.807) is 24.3 Å². The molecule has 0 radical (unpaired) electrons. The van der Waals surface area contributed by atoms with Gasteiger partial charge in [0.25, 0.3) is 0 Å². The van der Waals surface area contributed by atoms with Gasteiger partial charge in [0.2, 0.25) is 0 Å². The summed E-state index contributed by atoms with van der Waals surface area (Å²) < 4.78 is 5.30. The quantitative estimate of drug-likeness (QED) is 0.781. The number of phenols is 1. The van der Waals surface area contributed by atoms with Crippen molar-refractivity contribution in [1.82, 2.24) is 0 Å². The molecule has 0 unspecified atom stereocenters. The zero-order valence-corrected chi connectivity index (χ0v) is 8.19. The number of aromatic hydroxyl groups is 1. The Hall–Kier alpha value is -1.51. The molecule has 1 aromatic carbocycles. The Balaban J connectivity index is 2.31. The third-order valence-corrected chi connectivity index (χ3v) is 1.88. The molecule has 3 nitrogen and oxygen atoms in total. The number of hydrogen-bond donors (Lipinski definition) is 1. The van der Waals surface area contributed by atoms with Gasteiger partial charge in [-0.2, -0.15) is 0 Å². The van der Waals surface area contributed by atoms with Crippen LogP contribution in [0.25, 0.3) is 0 Å². The molecule has 0 aromatic heterocycles. The molecule has 1 rings (SSSR count). The predicted molar refractivity (Wildman–Crippen MR) is 53.5 cm³/mol. The number of benzene rings is 1. The fourth-order valence-corrected chi connectivity index (χ4v) is 1.00. The zero-order valence-electron chi connectivity index (χ0n) is 8.19. The summed E-state index contributed by atoms with van der Waals surface area (Å²) in [5, 5.41) is 9.00. The van der Waals surface area contributed by atoms with Crippen LogP contribution in [0.2, 0.25) is 0 Å². The predicted octanol–water partition coefficient (Wildman–Crippen LogP) is 2.14. The van der Waals surface area contributed by atoms with E-state index in [9.17, 15) is 4.79 Å². The minimum Gasteiger partial charge on any atom is -0.508 e. The Bertz CT molecular complexity index is 290. The van der Waals surface area contributed by atoms with Gasteiger partial charge in [-0.25, -0.2) is 0 Å². The molecule has 0 heterocycles. The van der Waals surface area contributed by atoms with Crippen LogP contribution in [0, 0.1) is 0 Å². The first-order valence-corrected chi connectivity index (χ1v) is 4.66. The van der Waals surface area contributed by atoms with Crippen LogP contribution in [-0.4, -0.2) is 17.5 Å². The van der Waals surface area contributed by atoms with Crippen LogP contribution >= 0.6 is 0 Å². The maximum Gasteiger partial charge on any atom is 0.136 e. The summed E-state index contributed by atoms with van der Waals surface area (Å²) in [4.78, 5) is 10.9. The van der Waals surface area contributed by atoms with E-state index in [-0.39, 0.29) is 11.5 Å². The van der Waals surface area contributed by atoms with E-state index >= 15 is 0 Å². The lowest BCUT2D eigenvalue weighted by Gasteiger charge is -2.04. The number of carbonyl (C=O) groups is 1. The highest BCUT2D eigenvalue weighted by Crippen LogP contribution is 2.15. The fraction of sp³-hybridized carbons (Fsp3) is 0.364. The standard InChI is InChI=1S/C11H14O3/c1-2-9(12)7-8-14-11-5-3-10(13)4-6-11/h3-6,13H,2,7-8H2,1H3. The van der Waals surface area contributed by atoms with Crippen molar-refractivity contribution in [2.75, 3.05) is 6.61 Å². The highest BCUT2D eigenvalue weighted by atomic mass is 16.5. The normalized spacial score (nSPS) is 9.79. The highest BCUT2D eigenvalue weighted by molar-refractivity contribution is 5.78. The summed E-state index contributed by atoms with van der Waals surface area (Å²) >= 11 is 0. The molecule has 76 valence electrons. The molecular formula is C11H14O3. The topological polar surface area (TPSA) is 46.5 Å². The average Bonchev–Trinajstić information content (AvgIpc) is 2.21. The van der Waals surface area contributed by atoms with E-state index in [0.717, 1.165) is 0 Å². The van der Waals surface area contributed by atoms with Gasteiger partial charge in [0.05, 0.1) is 6.61 Å². The molecular weight excluding hydrogens is 180 g/mol. The van der Waals surface area contributed by atoms with Gasteiger partial charge < -0.3 is 9.84 Å². The summed E-state index contributed by atoms with van der Waals surface area (Å²) in [5.74, 6) is 1.08. The van der Waals surface area contributed by atoms with Gasteiger partial charge in [-0.1, -0.05) is 6.92 Å². The van der Waals surface area contributed by atoms with Crippen molar-refractivity contribution >= 4 is 5.78 Å². The van der Waals surface area contributed by atoms with Crippen LogP contribution in [0.3, 0.4) is 0 Å². The Morgan fingerprint density at radius 2 is 2.00 bits per heavy atom. The smallest absolute Gasteiger partial charge is 0.136 e. The third kappa shape index (κ3) is 3.47. The largest absolute Gasteiger partial charge is 0.508 e. The Morgan fingerprint density at radius 3 is 2.57 bits per heavy atom. The Morgan fingerprint density at radius 1 is 1.36 bits per heavy atom. The van der Waals surface area contributed by atoms with Gasteiger partial charge >= 0.3 is 0 Å². The summed E-state index contributed by atoms with van der Waals surface area (Å²) in [5.41, 5.74) is 0. The number of carbonyl (C=O) groups excluding carboxylic acids is 1. The molecule has 0 fully saturated rings. The Labute approximate surface area is 83.3 Å². The second kappa shape index (κ2) is 5.27. The maximum atomic E-state index is 10.9. The van der Waals surface area contributed by atoms with Gasteiger partial charge in [0.1, 0.15) is 17.3 Å². The van der Waals surface area contributed by atoms with Gasteiger partial charge in [0.15, 0.2) is 0 Å². The number of hydrogen-bond acceptors (Lipinski definition) is 3. The van der Waals surface area contributed by atoms with E-state index < -0.39 is 0 Å². The first kappa shape index (κ1) is 10.6. The molecule has 3 heteroatoms. The lowest BCUT2D eigenvalue weighted by molar-refractivity contribution is -0.119. The minimum absolute atomic E-state index is 0.198. The van der Waals surface area contributed by atoms with Crippen LogP contribution in [0.1, 0.15) is 19.8 Å². The van der Waals surface area contributed by atoms with Crippen molar-refractivity contribution < 1.29 is 14.6 Å². The van der Waals surface area contributed by atoms with Gasteiger partial charge in [-0.05, 0) is 24.3 Å². The molecule has 1 aromatic rings. The second-order valence-electron chi connectivity index (χ2n) is 2.98. The van der Waals surface area contributed by atoms with Crippen LogP contribution < -0.4 is 4.74 Å². The number of phenolic OH excluding ortho intramolecular Hbond substituents is 1. The molecule has 0 aliphatic heterocycles. The fourth-order valence-electron chi connectivity index (χ4n) is 1.00. The van der Waals surface area contributed by atoms with Crippen molar-refractivity contribution in [1.29, 1.82) is 0 Å². The summed E-state index contributed by atoms with van der Waals surface area (Å²) in [6.07, 6.45) is 0.996. The molecule has 0 aliphatic rings. The molecule has 0 aliphatic carbocycles. The third-order valence-electron chi connectivity index (χ3n) is 1.88. The zero-order chi connectivity index (χ0) is 10.4. The first-order chi connectivity index (χ1) is 6.72. The van der Waals surface area contributed by atoms with E-state index in [2.05, 4.69) is 0 Å². The molecule has 0 saturated heterocycles. The maximum absolute atomic E-state index is 10.9. The van der Waals surface area contributed by atoms with Crippen LogP contribution in [0.15, 0.2) is 24.3 Å². The SMILES string of the molecule is CCC(=O)CCOc1ccc(O)cc1. The van der Waals surface area contributed by atoms with Crippen LogP contribution in [-0.2, 0) is 4.79 Å². The van der Waals surface area contributed by atoms with E-state index in [4.69, 9.17) is 9.84 Å². The molecule has 0 spiro atoms. The Kier molecular flexibility index (Phi) is 3.98. The summed E-state index contributed by atoms with van der Waals surface area (Å²) in [7, 11) is 0. The van der Waals surface area contributed by atoms with Crippen molar-refractivity contribution in [2.45, 2.75) is 19.8 Å². The number of Topliss-reactive ketones (excluding diaryl/α,β-unsaturated/α-hetero) is 1. The van der Waals surface area contributed by atoms with Crippen molar-refractivity contribution in [2.24, 2.45) is 0 Å². The monoisotopic (exact) mass is 194 g/mol. The van der Waals surface area contributed by atoms with Crippen LogP contribution in [0.5, 0.6) is 11.5 Å². The first-order valence-electron chi connectivity index (χ1n) is 4.66. The number of ether oxygens (including phenoxy) is 1. The average molecular weight is 194 g/mol. The lowest BCUT2D eigenvalue weighted by Crippen LogP contribution is -2.04. The van der Waals surface area contributed by atoms with E-state index in [1.807, 2.05) is 6.92 Å². The van der Waals surface area contributed by atoms with Gasteiger partial charge in [0, 0.05) is 12.8 Å². The lowest BCUT2D eigenvalue weighted by atomic mass is 10.2. The molecule has 0 bridgehead atoms. The number of ketones is 1. The van der Waals surface area contributed by atoms with Crippen LogP contribution in [0.4, 0.5) is 0 Å². The highest BCUT2D eigenvalue weighted by Gasteiger charge is 1.98. The molecule has 0 amide bonds. The van der Waals surface area contributed by atoms with Crippen molar-refractivity contribution in [3.8, 4) is 11.5 Å². The van der Waals surface area contributed by atoms with Gasteiger partial charge in [-0.15, -0.1) is 0 Å². The van der Waals surface area contributed by atoms with E-state index in [1.165, 1.54) is 0 Å². The second-order valence-corrected chi connectivity index (χ2v) is 2.98. The molecule has 0 atom stereocenters.